The van der Waals surface area contributed by atoms with Crippen molar-refractivity contribution in [3.05, 3.63) is 0 Å². The van der Waals surface area contributed by atoms with Gasteiger partial charge in [-0.3, -0.25) is 15.1 Å². The van der Waals surface area contributed by atoms with Crippen LogP contribution in [0.1, 0.15) is 77.0 Å². The lowest BCUT2D eigenvalue weighted by atomic mass is 9.76. The van der Waals surface area contributed by atoms with Gasteiger partial charge in [-0.1, -0.05) is 0 Å². The molecule has 3 aliphatic carbocycles. The van der Waals surface area contributed by atoms with Gasteiger partial charge in [0.05, 0.1) is 11.8 Å². The molecule has 1 heterocycles. The molecule has 7 nitrogen and oxygen atoms in total. The van der Waals surface area contributed by atoms with Crippen LogP contribution in [-0.4, -0.2) is 59.6 Å². The van der Waals surface area contributed by atoms with Crippen LogP contribution in [0, 0.1) is 29.1 Å². The van der Waals surface area contributed by atoms with Crippen molar-refractivity contribution in [3.8, 4) is 0 Å². The van der Waals surface area contributed by atoms with E-state index in [0.717, 1.165) is 51.4 Å². The normalized spacial score (nSPS) is 40.8. The van der Waals surface area contributed by atoms with E-state index in [1.54, 1.807) is 0 Å². The minimum atomic E-state index is -4.10. The number of nitrogens with zero attached hydrogens (tertiary/aromatic N) is 1. The van der Waals surface area contributed by atoms with Crippen LogP contribution in [-0.2, 0) is 4.79 Å². The highest BCUT2D eigenvalue weighted by Crippen LogP contribution is 2.44. The van der Waals surface area contributed by atoms with E-state index in [1.165, 1.54) is 0 Å². The first kappa shape index (κ1) is 26.7. The summed E-state index contributed by atoms with van der Waals surface area (Å²) < 4.78 is 39.2. The summed E-state index contributed by atoms with van der Waals surface area (Å²) in [4.78, 5) is 15.7. The maximum absolute atomic E-state index is 13.5. The number of alkyl halides is 3. The Morgan fingerprint density at radius 3 is 2.23 bits per heavy atom. The van der Waals surface area contributed by atoms with Gasteiger partial charge < -0.3 is 22.5 Å². The van der Waals surface area contributed by atoms with Gasteiger partial charge in [0, 0.05) is 30.1 Å². The van der Waals surface area contributed by atoms with Crippen LogP contribution >= 0.6 is 0 Å². The zero-order valence-corrected chi connectivity index (χ0v) is 20.6. The van der Waals surface area contributed by atoms with Crippen molar-refractivity contribution in [3.63, 3.8) is 0 Å². The number of amides is 1. The zero-order chi connectivity index (χ0) is 25.3. The second-order valence-corrected chi connectivity index (χ2v) is 11.6. The summed E-state index contributed by atoms with van der Waals surface area (Å²) in [5.74, 6) is -0.627. The van der Waals surface area contributed by atoms with E-state index in [2.05, 4.69) is 10.2 Å². The first-order valence-corrected chi connectivity index (χ1v) is 13.5. The molecule has 0 bridgehead atoms. The fourth-order valence-electron chi connectivity index (χ4n) is 7.23. The average Bonchev–Trinajstić information content (AvgIpc) is 3.10. The van der Waals surface area contributed by atoms with E-state index in [-0.39, 0.29) is 66.5 Å². The van der Waals surface area contributed by atoms with Crippen molar-refractivity contribution >= 4 is 11.7 Å². The molecule has 10 heteroatoms. The lowest BCUT2D eigenvalue weighted by molar-refractivity contribution is -0.184. The number of hydrogen-bond acceptors (Lipinski definition) is 5. The molecule has 1 amide bonds. The van der Waals surface area contributed by atoms with Gasteiger partial charge in [0.15, 0.2) is 0 Å². The second-order valence-electron chi connectivity index (χ2n) is 11.6. The fourth-order valence-corrected chi connectivity index (χ4v) is 7.23. The Balaban J connectivity index is 1.43. The molecule has 0 spiro atoms. The molecule has 4 rings (SSSR count). The van der Waals surface area contributed by atoms with E-state index >= 15 is 0 Å². The van der Waals surface area contributed by atoms with Gasteiger partial charge in [0.1, 0.15) is 6.04 Å². The van der Waals surface area contributed by atoms with Crippen LogP contribution < -0.4 is 22.5 Å². The average molecular weight is 501 g/mol. The molecule has 200 valence electrons. The number of rotatable bonds is 6. The number of carbonyl (C=O) groups is 1. The molecule has 4 aliphatic rings. The van der Waals surface area contributed by atoms with Gasteiger partial charge in [-0.2, -0.15) is 13.2 Å². The van der Waals surface area contributed by atoms with Gasteiger partial charge in [-0.05, 0) is 95.4 Å². The highest BCUT2D eigenvalue weighted by atomic mass is 19.4. The maximum atomic E-state index is 13.5. The summed E-state index contributed by atoms with van der Waals surface area (Å²) >= 11 is 0. The van der Waals surface area contributed by atoms with Gasteiger partial charge in [0.2, 0.25) is 5.91 Å². The number of likely N-dealkylation sites (tertiary alicyclic amines) is 1. The molecule has 0 radical (unpaired) electrons. The Bertz CT molecular complexity index is 748. The molecular weight excluding hydrogens is 457 g/mol. The zero-order valence-electron chi connectivity index (χ0n) is 20.6. The topological polar surface area (TPSA) is 134 Å². The second kappa shape index (κ2) is 10.9. The van der Waals surface area contributed by atoms with Crippen molar-refractivity contribution in [2.24, 2.45) is 40.9 Å². The van der Waals surface area contributed by atoms with Gasteiger partial charge in [0.25, 0.3) is 0 Å². The summed E-state index contributed by atoms with van der Waals surface area (Å²) in [6.07, 6.45) is 4.13. The van der Waals surface area contributed by atoms with Gasteiger partial charge in [-0.25, -0.2) is 0 Å². The molecule has 5 atom stereocenters. The summed E-state index contributed by atoms with van der Waals surface area (Å²) in [6, 6.07) is -0.346. The van der Waals surface area contributed by atoms with Crippen molar-refractivity contribution in [1.82, 2.24) is 10.2 Å². The minimum Gasteiger partial charge on any atom is -0.387 e. The van der Waals surface area contributed by atoms with Crippen LogP contribution in [0.2, 0.25) is 0 Å². The number of carbonyl (C=O) groups excluding carboxylic acids is 1. The van der Waals surface area contributed by atoms with Gasteiger partial charge in [-0.15, -0.1) is 0 Å². The highest BCUT2D eigenvalue weighted by Gasteiger charge is 2.52. The lowest BCUT2D eigenvalue weighted by Crippen LogP contribution is -2.55. The van der Waals surface area contributed by atoms with Gasteiger partial charge >= 0.3 is 6.18 Å². The minimum absolute atomic E-state index is 0.00480. The third kappa shape index (κ3) is 6.13. The number of nitrogens with two attached hydrogens (primary N) is 3. The number of hydrogen-bond donors (Lipinski definition) is 5. The standard InChI is InChI=1S/C25H43F3N6O/c26-25(27,28)16-4-1-14(2-5-16)11-12-34-20-13-15(23(31)32)3-10-19(20)21(30)22(34)24(35)33-18-8-6-17(29)7-9-18/h14-22H,1-13,29-30H2,(H3,31,32)(H,33,35). The predicted molar refractivity (Wildman–Crippen MR) is 129 cm³/mol. The van der Waals surface area contributed by atoms with E-state index < -0.39 is 18.1 Å². The van der Waals surface area contributed by atoms with E-state index in [1.807, 2.05) is 0 Å². The van der Waals surface area contributed by atoms with Crippen molar-refractivity contribution in [1.29, 1.82) is 5.41 Å². The molecule has 3 saturated carbocycles. The van der Waals surface area contributed by atoms with Crippen LogP contribution in [0.25, 0.3) is 0 Å². The lowest BCUT2D eigenvalue weighted by Gasteiger charge is -2.38. The Labute approximate surface area is 206 Å². The van der Waals surface area contributed by atoms with Crippen molar-refractivity contribution < 1.29 is 18.0 Å². The smallest absolute Gasteiger partial charge is 0.387 e. The number of halogens is 3. The fraction of sp³-hybridized carbons (Fsp3) is 0.920. The molecule has 8 N–H and O–H groups in total. The molecular formula is C25H43F3N6O. The van der Waals surface area contributed by atoms with E-state index in [4.69, 9.17) is 22.6 Å². The Morgan fingerprint density at radius 1 is 0.971 bits per heavy atom. The molecule has 4 fully saturated rings. The Morgan fingerprint density at radius 2 is 1.63 bits per heavy atom. The van der Waals surface area contributed by atoms with Crippen LogP contribution in [0.5, 0.6) is 0 Å². The SMILES string of the molecule is N=C(N)C1CCC2C(N)C(C(=O)NC3CCC(N)CC3)N(CCC3CCC(C(F)(F)F)CC3)C2C1. The molecule has 0 aromatic rings. The maximum Gasteiger partial charge on any atom is 0.391 e. The molecule has 35 heavy (non-hydrogen) atoms. The quantitative estimate of drug-likeness (QED) is 0.282. The third-order valence-electron chi connectivity index (χ3n) is 9.44. The van der Waals surface area contributed by atoms with Crippen molar-refractivity contribution in [2.45, 2.75) is 113 Å². The van der Waals surface area contributed by atoms with Crippen LogP contribution in [0.3, 0.4) is 0 Å². The molecule has 1 saturated heterocycles. The van der Waals surface area contributed by atoms with Crippen LogP contribution in [0.4, 0.5) is 13.2 Å². The summed E-state index contributed by atoms with van der Waals surface area (Å²) in [5, 5.41) is 11.2. The van der Waals surface area contributed by atoms with Crippen molar-refractivity contribution in [2.75, 3.05) is 6.54 Å². The number of nitrogens with one attached hydrogen (secondary N) is 2. The number of amidine groups is 1. The molecule has 0 aromatic heterocycles. The summed E-state index contributed by atoms with van der Waals surface area (Å²) in [7, 11) is 0. The Kier molecular flexibility index (Phi) is 8.32. The molecule has 5 unspecified atom stereocenters. The third-order valence-corrected chi connectivity index (χ3v) is 9.44. The van der Waals surface area contributed by atoms with E-state index in [9.17, 15) is 18.0 Å². The first-order valence-electron chi connectivity index (χ1n) is 13.5. The summed E-state index contributed by atoms with van der Waals surface area (Å²) in [6.45, 7) is 0.647. The number of fused-ring (bicyclic) bond motifs is 1. The largest absolute Gasteiger partial charge is 0.391 e. The predicted octanol–water partition coefficient (Wildman–Crippen LogP) is 2.86. The molecule has 1 aliphatic heterocycles. The first-order chi connectivity index (χ1) is 16.5. The Hall–Kier alpha value is -1.39. The van der Waals surface area contributed by atoms with E-state index in [0.29, 0.717) is 19.4 Å². The van der Waals surface area contributed by atoms with Crippen LogP contribution in [0.15, 0.2) is 0 Å². The molecule has 0 aromatic carbocycles. The monoisotopic (exact) mass is 500 g/mol. The summed E-state index contributed by atoms with van der Waals surface area (Å²) in [5.41, 5.74) is 18.6. The highest BCUT2D eigenvalue weighted by molar-refractivity contribution is 5.84.